The number of amides is 2. The van der Waals surface area contributed by atoms with Gasteiger partial charge in [0.15, 0.2) is 5.69 Å². The summed E-state index contributed by atoms with van der Waals surface area (Å²) in [4.78, 5) is 30.4. The molecule has 0 radical (unpaired) electrons. The number of carbonyl (C=O) groups is 2. The first kappa shape index (κ1) is 20.9. The number of hydrogen-bond donors (Lipinski definition) is 1. The summed E-state index contributed by atoms with van der Waals surface area (Å²) in [5.41, 5.74) is 3.16. The van der Waals surface area contributed by atoms with E-state index in [1.807, 2.05) is 32.0 Å². The monoisotopic (exact) mass is 391 g/mol. The molecule has 0 bridgehead atoms. The maximum absolute atomic E-state index is 12.7. The number of urea groups is 1. The Balaban J connectivity index is 2.09. The number of ether oxygens (including phenoxy) is 2. The smallest absolute Gasteiger partial charge is 0.357 e. The van der Waals surface area contributed by atoms with Crippen LogP contribution in [0.1, 0.15) is 33.5 Å². The highest BCUT2D eigenvalue weighted by molar-refractivity contribution is 7.09. The fourth-order valence-corrected chi connectivity index (χ4v) is 3.23. The van der Waals surface area contributed by atoms with Gasteiger partial charge in [-0.25, -0.2) is 14.6 Å². The molecule has 1 aromatic carbocycles. The van der Waals surface area contributed by atoms with Gasteiger partial charge in [0.1, 0.15) is 5.01 Å². The zero-order chi connectivity index (χ0) is 19.8. The molecule has 7 nitrogen and oxygen atoms in total. The van der Waals surface area contributed by atoms with Gasteiger partial charge in [-0.3, -0.25) is 0 Å². The van der Waals surface area contributed by atoms with Gasteiger partial charge in [0.2, 0.25) is 0 Å². The predicted molar refractivity (Wildman–Crippen MR) is 105 cm³/mol. The van der Waals surface area contributed by atoms with E-state index in [-0.39, 0.29) is 18.3 Å². The summed E-state index contributed by atoms with van der Waals surface area (Å²) in [7, 11) is 1.59. The molecule has 0 fully saturated rings. The highest BCUT2D eigenvalue weighted by Gasteiger charge is 2.18. The van der Waals surface area contributed by atoms with Crippen LogP contribution in [-0.2, 0) is 16.0 Å². The number of nitrogens with one attached hydrogen (secondary N) is 1. The molecule has 2 rings (SSSR count). The van der Waals surface area contributed by atoms with E-state index in [2.05, 4.69) is 10.3 Å². The standard InChI is InChI=1S/C19H25N3O4S/c1-5-26-18(23)16-12-27-17(20-16)11-22(8-9-25-4)19(24)21-15-7-6-13(2)10-14(15)3/h6-7,10,12H,5,8-9,11H2,1-4H3,(H,21,24). The second-order valence-electron chi connectivity index (χ2n) is 6.01. The number of rotatable bonds is 8. The second kappa shape index (κ2) is 10.0. The van der Waals surface area contributed by atoms with Crippen LogP contribution in [0, 0.1) is 13.8 Å². The third-order valence-electron chi connectivity index (χ3n) is 3.84. The minimum absolute atomic E-state index is 0.244. The Labute approximate surface area is 163 Å². The molecular weight excluding hydrogens is 366 g/mol. The molecule has 0 aliphatic heterocycles. The van der Waals surface area contributed by atoms with E-state index in [1.165, 1.54) is 11.3 Å². The Morgan fingerprint density at radius 2 is 2.07 bits per heavy atom. The number of carbonyl (C=O) groups excluding carboxylic acids is 2. The number of nitrogens with zero attached hydrogens (tertiary/aromatic N) is 2. The molecular formula is C19H25N3O4S. The van der Waals surface area contributed by atoms with Crippen LogP contribution in [0.5, 0.6) is 0 Å². The van der Waals surface area contributed by atoms with Crippen molar-refractivity contribution in [2.45, 2.75) is 27.3 Å². The molecule has 8 heteroatoms. The van der Waals surface area contributed by atoms with Crippen molar-refractivity contribution in [1.29, 1.82) is 0 Å². The first-order valence-electron chi connectivity index (χ1n) is 8.68. The first-order chi connectivity index (χ1) is 12.9. The topological polar surface area (TPSA) is 80.8 Å². The summed E-state index contributed by atoms with van der Waals surface area (Å²) in [6.07, 6.45) is 0. The SMILES string of the molecule is CCOC(=O)c1csc(CN(CCOC)C(=O)Nc2ccc(C)cc2C)n1. The molecule has 0 unspecified atom stereocenters. The van der Waals surface area contributed by atoms with E-state index in [9.17, 15) is 9.59 Å². The molecule has 0 saturated carbocycles. The minimum Gasteiger partial charge on any atom is -0.461 e. The van der Waals surface area contributed by atoms with Crippen LogP contribution in [0.25, 0.3) is 0 Å². The van der Waals surface area contributed by atoms with Crippen molar-refractivity contribution in [3.05, 3.63) is 45.4 Å². The zero-order valence-electron chi connectivity index (χ0n) is 16.1. The van der Waals surface area contributed by atoms with Crippen LogP contribution in [0.15, 0.2) is 23.6 Å². The van der Waals surface area contributed by atoms with Crippen LogP contribution < -0.4 is 5.32 Å². The van der Waals surface area contributed by atoms with Gasteiger partial charge in [0.05, 0.1) is 19.8 Å². The Kier molecular flexibility index (Phi) is 7.75. The molecule has 2 amide bonds. The third kappa shape index (κ3) is 6.04. The molecule has 0 aliphatic carbocycles. The van der Waals surface area contributed by atoms with Gasteiger partial charge in [-0.2, -0.15) is 0 Å². The average molecular weight is 391 g/mol. The highest BCUT2D eigenvalue weighted by atomic mass is 32.1. The van der Waals surface area contributed by atoms with Crippen LogP contribution in [0.2, 0.25) is 0 Å². The number of anilines is 1. The maximum atomic E-state index is 12.7. The van der Waals surface area contributed by atoms with Crippen molar-refractivity contribution in [3.63, 3.8) is 0 Å². The van der Waals surface area contributed by atoms with E-state index in [1.54, 1.807) is 24.3 Å². The third-order valence-corrected chi connectivity index (χ3v) is 4.67. The summed E-state index contributed by atoms with van der Waals surface area (Å²) >= 11 is 1.32. The van der Waals surface area contributed by atoms with Gasteiger partial charge in [-0.05, 0) is 32.4 Å². The quantitative estimate of drug-likeness (QED) is 0.695. The largest absolute Gasteiger partial charge is 0.461 e. The normalized spacial score (nSPS) is 10.5. The fraction of sp³-hybridized carbons (Fsp3) is 0.421. The maximum Gasteiger partial charge on any atom is 0.357 e. The number of hydrogen-bond acceptors (Lipinski definition) is 6. The molecule has 0 saturated heterocycles. The molecule has 1 heterocycles. The average Bonchev–Trinajstić information content (AvgIpc) is 3.10. The van der Waals surface area contributed by atoms with Gasteiger partial charge in [-0.15, -0.1) is 11.3 Å². The van der Waals surface area contributed by atoms with Gasteiger partial charge in [0.25, 0.3) is 0 Å². The van der Waals surface area contributed by atoms with Crippen molar-refractivity contribution >= 4 is 29.0 Å². The highest BCUT2D eigenvalue weighted by Crippen LogP contribution is 2.18. The summed E-state index contributed by atoms with van der Waals surface area (Å²) in [6.45, 7) is 7.09. The molecule has 0 aliphatic rings. The van der Waals surface area contributed by atoms with E-state index in [0.29, 0.717) is 24.8 Å². The summed E-state index contributed by atoms with van der Waals surface area (Å²) in [5.74, 6) is -0.455. The van der Waals surface area contributed by atoms with Crippen molar-refractivity contribution in [1.82, 2.24) is 9.88 Å². The summed E-state index contributed by atoms with van der Waals surface area (Å²) in [6, 6.07) is 5.61. The van der Waals surface area contributed by atoms with Crippen LogP contribution in [0.3, 0.4) is 0 Å². The number of esters is 1. The van der Waals surface area contributed by atoms with E-state index in [4.69, 9.17) is 9.47 Å². The van der Waals surface area contributed by atoms with Crippen LogP contribution >= 0.6 is 11.3 Å². The van der Waals surface area contributed by atoms with Gasteiger partial charge < -0.3 is 19.7 Å². The lowest BCUT2D eigenvalue weighted by molar-refractivity contribution is 0.0520. The number of thiazole rings is 1. The molecule has 146 valence electrons. The Hall–Kier alpha value is -2.45. The molecule has 1 N–H and O–H groups in total. The van der Waals surface area contributed by atoms with E-state index < -0.39 is 5.97 Å². The fourth-order valence-electron chi connectivity index (χ4n) is 2.45. The second-order valence-corrected chi connectivity index (χ2v) is 6.95. The molecule has 2 aromatic rings. The van der Waals surface area contributed by atoms with E-state index >= 15 is 0 Å². The molecule has 27 heavy (non-hydrogen) atoms. The van der Waals surface area contributed by atoms with Gasteiger partial charge in [-0.1, -0.05) is 17.7 Å². The summed E-state index contributed by atoms with van der Waals surface area (Å²) < 4.78 is 10.1. The van der Waals surface area contributed by atoms with Gasteiger partial charge >= 0.3 is 12.0 Å². The van der Waals surface area contributed by atoms with E-state index in [0.717, 1.165) is 16.8 Å². The Bertz CT molecular complexity index is 791. The Morgan fingerprint density at radius 1 is 1.30 bits per heavy atom. The number of aryl methyl sites for hydroxylation is 2. The number of aromatic nitrogens is 1. The zero-order valence-corrected chi connectivity index (χ0v) is 16.9. The lowest BCUT2D eigenvalue weighted by Crippen LogP contribution is -2.37. The van der Waals surface area contributed by atoms with Crippen molar-refractivity contribution in [2.75, 3.05) is 32.2 Å². The van der Waals surface area contributed by atoms with Crippen molar-refractivity contribution in [2.24, 2.45) is 0 Å². The lowest BCUT2D eigenvalue weighted by atomic mass is 10.1. The van der Waals surface area contributed by atoms with Crippen LogP contribution in [-0.4, -0.2) is 48.8 Å². The minimum atomic E-state index is -0.455. The van der Waals surface area contributed by atoms with Gasteiger partial charge in [0, 0.05) is 24.7 Å². The van der Waals surface area contributed by atoms with Crippen LogP contribution in [0.4, 0.5) is 10.5 Å². The molecule has 1 aromatic heterocycles. The van der Waals surface area contributed by atoms with Crippen molar-refractivity contribution < 1.29 is 19.1 Å². The molecule has 0 spiro atoms. The van der Waals surface area contributed by atoms with Crippen molar-refractivity contribution in [3.8, 4) is 0 Å². The first-order valence-corrected chi connectivity index (χ1v) is 9.56. The molecule has 0 atom stereocenters. The summed E-state index contributed by atoms with van der Waals surface area (Å²) in [5, 5.41) is 5.23. The predicted octanol–water partition coefficient (Wildman–Crippen LogP) is 3.62. The Morgan fingerprint density at radius 3 is 2.74 bits per heavy atom. The lowest BCUT2D eigenvalue weighted by Gasteiger charge is -2.22. The number of benzene rings is 1. The number of methoxy groups -OCH3 is 1.